The van der Waals surface area contributed by atoms with Crippen molar-refractivity contribution in [3.63, 3.8) is 0 Å². The number of carbonyl (C=O) groups is 2. The molecule has 112 valence electrons. The Balaban J connectivity index is 3.13. The van der Waals surface area contributed by atoms with Crippen molar-refractivity contribution < 1.29 is 27.9 Å². The monoisotopic (exact) mass is 322 g/mol. The van der Waals surface area contributed by atoms with Crippen LogP contribution in [0.2, 0.25) is 0 Å². The highest BCUT2D eigenvalue weighted by Crippen LogP contribution is 2.21. The van der Waals surface area contributed by atoms with Gasteiger partial charge in [-0.2, -0.15) is 4.72 Å². The minimum Gasteiger partial charge on any atom is -0.476 e. The Morgan fingerprint density at radius 1 is 1.45 bits per heavy atom. The van der Waals surface area contributed by atoms with Crippen LogP contribution in [0.5, 0.6) is 0 Å². The fraction of sp³-hybridized carbons (Fsp3) is 0.500. The molecular weight excluding hydrogens is 308 g/mol. The molecular formula is C10H14N2O6S2. The predicted octanol–water partition coefficient (Wildman–Crippen LogP) is 0.317. The minimum atomic E-state index is -4.17. The SMILES string of the molecule is COC(=O)C(NS(=O)(=O)c1scnc1C(=O)O)C(C)C. The number of aromatic carboxylic acids is 1. The molecule has 0 aliphatic heterocycles. The number of carboxylic acid groups (broad SMARTS) is 1. The maximum atomic E-state index is 12.1. The Morgan fingerprint density at radius 2 is 2.05 bits per heavy atom. The molecule has 0 saturated heterocycles. The molecule has 1 atom stereocenters. The zero-order chi connectivity index (χ0) is 15.5. The molecule has 2 N–H and O–H groups in total. The predicted molar refractivity (Wildman–Crippen MR) is 70.0 cm³/mol. The highest BCUT2D eigenvalue weighted by molar-refractivity contribution is 7.91. The molecule has 10 heteroatoms. The summed E-state index contributed by atoms with van der Waals surface area (Å²) in [6.07, 6.45) is 0. The van der Waals surface area contributed by atoms with Crippen molar-refractivity contribution in [3.05, 3.63) is 11.2 Å². The summed E-state index contributed by atoms with van der Waals surface area (Å²) in [6, 6.07) is -1.10. The molecule has 1 aromatic heterocycles. The normalized spacial score (nSPS) is 13.2. The number of sulfonamides is 1. The highest BCUT2D eigenvalue weighted by atomic mass is 32.2. The molecule has 0 aromatic carbocycles. The summed E-state index contributed by atoms with van der Waals surface area (Å²) >= 11 is 0.663. The second-order valence-electron chi connectivity index (χ2n) is 4.16. The summed E-state index contributed by atoms with van der Waals surface area (Å²) < 4.78 is 30.5. The maximum absolute atomic E-state index is 12.1. The number of methoxy groups -OCH3 is 1. The first-order valence-corrected chi connectivity index (χ1v) is 7.84. The molecule has 0 saturated carbocycles. The number of aromatic nitrogens is 1. The first-order chi connectivity index (χ1) is 9.20. The number of thiazole rings is 1. The quantitative estimate of drug-likeness (QED) is 0.723. The third-order valence-corrected chi connectivity index (χ3v) is 5.20. The molecule has 0 aliphatic rings. The molecule has 0 aliphatic carbocycles. The van der Waals surface area contributed by atoms with Crippen LogP contribution in [0.25, 0.3) is 0 Å². The molecule has 0 radical (unpaired) electrons. The summed E-state index contributed by atoms with van der Waals surface area (Å²) in [5.41, 5.74) is 0.537. The fourth-order valence-corrected chi connectivity index (χ4v) is 3.86. The van der Waals surface area contributed by atoms with Crippen molar-refractivity contribution in [1.29, 1.82) is 0 Å². The van der Waals surface area contributed by atoms with Crippen LogP contribution in [0.15, 0.2) is 9.72 Å². The van der Waals surface area contributed by atoms with Crippen molar-refractivity contribution in [2.75, 3.05) is 7.11 Å². The fourth-order valence-electron chi connectivity index (χ4n) is 1.37. The van der Waals surface area contributed by atoms with Gasteiger partial charge in [0.2, 0.25) is 0 Å². The lowest BCUT2D eigenvalue weighted by Gasteiger charge is -2.19. The molecule has 0 amide bonds. The van der Waals surface area contributed by atoms with Gasteiger partial charge in [-0.05, 0) is 5.92 Å². The lowest BCUT2D eigenvalue weighted by atomic mass is 10.1. The standard InChI is InChI=1S/C10H14N2O6S2/c1-5(2)6(9(15)18-3)12-20(16,17)10-7(8(13)14)11-4-19-10/h4-6,12H,1-3H3,(H,13,14). The van der Waals surface area contributed by atoms with Crippen LogP contribution >= 0.6 is 11.3 Å². The van der Waals surface area contributed by atoms with Gasteiger partial charge in [-0.15, -0.1) is 11.3 Å². The highest BCUT2D eigenvalue weighted by Gasteiger charge is 2.32. The van der Waals surface area contributed by atoms with Gasteiger partial charge >= 0.3 is 11.9 Å². The average Bonchev–Trinajstić information content (AvgIpc) is 2.84. The number of carboxylic acids is 1. The number of nitrogens with one attached hydrogen (secondary N) is 1. The molecule has 0 fully saturated rings. The number of nitrogens with zero attached hydrogens (tertiary/aromatic N) is 1. The number of esters is 1. The van der Waals surface area contributed by atoms with E-state index in [2.05, 4.69) is 14.4 Å². The van der Waals surface area contributed by atoms with Crippen LogP contribution in [-0.4, -0.2) is 43.6 Å². The zero-order valence-corrected chi connectivity index (χ0v) is 12.6. The topological polar surface area (TPSA) is 123 Å². The summed E-state index contributed by atoms with van der Waals surface area (Å²) in [5.74, 6) is -2.56. The van der Waals surface area contributed by atoms with E-state index < -0.39 is 37.9 Å². The maximum Gasteiger partial charge on any atom is 0.356 e. The van der Waals surface area contributed by atoms with Crippen molar-refractivity contribution in [3.8, 4) is 0 Å². The Morgan fingerprint density at radius 3 is 2.50 bits per heavy atom. The van der Waals surface area contributed by atoms with E-state index in [4.69, 9.17) is 5.11 Å². The molecule has 8 nitrogen and oxygen atoms in total. The van der Waals surface area contributed by atoms with Gasteiger partial charge in [-0.25, -0.2) is 18.2 Å². The molecule has 1 unspecified atom stereocenters. The number of rotatable bonds is 6. The van der Waals surface area contributed by atoms with Crippen LogP contribution in [0, 0.1) is 5.92 Å². The Kier molecular flexibility index (Phi) is 5.20. The van der Waals surface area contributed by atoms with E-state index in [-0.39, 0.29) is 5.92 Å². The average molecular weight is 322 g/mol. The minimum absolute atomic E-state index is 0.363. The van der Waals surface area contributed by atoms with Gasteiger partial charge in [0.25, 0.3) is 10.0 Å². The van der Waals surface area contributed by atoms with E-state index in [1.54, 1.807) is 13.8 Å². The van der Waals surface area contributed by atoms with Crippen LogP contribution in [-0.2, 0) is 19.6 Å². The molecule has 1 rings (SSSR count). The third kappa shape index (κ3) is 3.52. The Bertz CT molecular complexity index is 607. The van der Waals surface area contributed by atoms with E-state index in [1.165, 1.54) is 0 Å². The summed E-state index contributed by atoms with van der Waals surface area (Å²) in [7, 11) is -3.03. The van der Waals surface area contributed by atoms with E-state index in [0.29, 0.717) is 11.3 Å². The lowest BCUT2D eigenvalue weighted by molar-refractivity contribution is -0.143. The van der Waals surface area contributed by atoms with Crippen molar-refractivity contribution in [2.24, 2.45) is 5.92 Å². The summed E-state index contributed by atoms with van der Waals surface area (Å²) in [6.45, 7) is 3.27. The van der Waals surface area contributed by atoms with E-state index in [9.17, 15) is 18.0 Å². The zero-order valence-electron chi connectivity index (χ0n) is 11.0. The van der Waals surface area contributed by atoms with Crippen LogP contribution in [0.1, 0.15) is 24.3 Å². The first-order valence-electron chi connectivity index (χ1n) is 5.47. The smallest absolute Gasteiger partial charge is 0.356 e. The summed E-state index contributed by atoms with van der Waals surface area (Å²) in [5, 5.41) is 8.88. The number of hydrogen-bond donors (Lipinski definition) is 2. The van der Waals surface area contributed by atoms with Crippen molar-refractivity contribution >= 4 is 33.3 Å². The van der Waals surface area contributed by atoms with Crippen molar-refractivity contribution in [2.45, 2.75) is 24.1 Å². The van der Waals surface area contributed by atoms with Crippen LogP contribution < -0.4 is 4.72 Å². The van der Waals surface area contributed by atoms with E-state index in [0.717, 1.165) is 12.6 Å². The van der Waals surface area contributed by atoms with Gasteiger partial charge in [0.1, 0.15) is 6.04 Å². The second-order valence-corrected chi connectivity index (χ2v) is 6.92. The first kappa shape index (κ1) is 16.5. The largest absolute Gasteiger partial charge is 0.476 e. The Hall–Kier alpha value is -1.52. The summed E-state index contributed by atoms with van der Waals surface area (Å²) in [4.78, 5) is 25.9. The Labute approximate surface area is 119 Å². The third-order valence-electron chi connectivity index (χ3n) is 2.39. The molecule has 0 bridgehead atoms. The van der Waals surface area contributed by atoms with Crippen LogP contribution in [0.3, 0.4) is 0 Å². The van der Waals surface area contributed by atoms with Gasteiger partial charge in [0.15, 0.2) is 9.90 Å². The van der Waals surface area contributed by atoms with Gasteiger partial charge < -0.3 is 9.84 Å². The number of carbonyl (C=O) groups excluding carboxylic acids is 1. The number of ether oxygens (including phenoxy) is 1. The van der Waals surface area contributed by atoms with Crippen LogP contribution in [0.4, 0.5) is 0 Å². The lowest BCUT2D eigenvalue weighted by Crippen LogP contribution is -2.45. The van der Waals surface area contributed by atoms with E-state index >= 15 is 0 Å². The van der Waals surface area contributed by atoms with Gasteiger partial charge in [-0.3, -0.25) is 4.79 Å². The van der Waals surface area contributed by atoms with E-state index in [1.807, 2.05) is 0 Å². The van der Waals surface area contributed by atoms with Gasteiger partial charge in [0, 0.05) is 0 Å². The molecule has 1 aromatic rings. The van der Waals surface area contributed by atoms with Crippen molar-refractivity contribution in [1.82, 2.24) is 9.71 Å². The number of hydrogen-bond acceptors (Lipinski definition) is 7. The van der Waals surface area contributed by atoms with Gasteiger partial charge in [0.05, 0.1) is 12.6 Å². The molecule has 0 spiro atoms. The van der Waals surface area contributed by atoms with Gasteiger partial charge in [-0.1, -0.05) is 13.8 Å². The molecule has 20 heavy (non-hydrogen) atoms. The second kappa shape index (κ2) is 6.29. The molecule has 1 heterocycles.